The van der Waals surface area contributed by atoms with Crippen molar-refractivity contribution in [3.8, 4) is 0 Å². The first kappa shape index (κ1) is 9.16. The van der Waals surface area contributed by atoms with Crippen LogP contribution in [0.4, 0.5) is 0 Å². The zero-order valence-corrected chi connectivity index (χ0v) is 8.97. The fourth-order valence-corrected chi connectivity index (χ4v) is 2.29. The molecule has 0 bridgehead atoms. The monoisotopic (exact) mass is 209 g/mol. The van der Waals surface area contributed by atoms with Gasteiger partial charge in [0.2, 0.25) is 0 Å². The van der Waals surface area contributed by atoms with E-state index in [1.165, 1.54) is 5.39 Å². The molecule has 0 atom stereocenters. The number of fused-ring (bicyclic) bond motifs is 3. The summed E-state index contributed by atoms with van der Waals surface area (Å²) in [6.07, 6.45) is 2.80. The Balaban J connectivity index is 2.63. The third kappa shape index (κ3) is 1.10. The smallest absolute Gasteiger partial charge is 0.152 e. The second-order valence-electron chi connectivity index (χ2n) is 3.99. The van der Waals surface area contributed by atoms with Gasteiger partial charge in [0, 0.05) is 29.7 Å². The number of hydrogen-bond acceptors (Lipinski definition) is 1. The van der Waals surface area contributed by atoms with Gasteiger partial charge in [-0.3, -0.25) is 4.79 Å². The Labute approximate surface area is 93.1 Å². The van der Waals surface area contributed by atoms with E-state index >= 15 is 0 Å². The minimum Gasteiger partial charge on any atom is -0.350 e. The molecule has 0 aliphatic carbocycles. The van der Waals surface area contributed by atoms with E-state index < -0.39 is 0 Å². The topological polar surface area (TPSA) is 22.0 Å². The summed E-state index contributed by atoms with van der Waals surface area (Å²) in [5.41, 5.74) is 1.86. The molecular formula is C14H11NO. The lowest BCUT2D eigenvalue weighted by atomic mass is 10.0. The molecule has 78 valence electrons. The predicted octanol–water partition coefficient (Wildman–Crippen LogP) is 3.14. The molecule has 0 fully saturated rings. The van der Waals surface area contributed by atoms with Crippen molar-refractivity contribution in [2.24, 2.45) is 7.05 Å². The minimum absolute atomic E-state index is 0.759. The third-order valence-electron chi connectivity index (χ3n) is 3.04. The molecule has 3 rings (SSSR count). The Bertz CT molecular complexity index is 694. The van der Waals surface area contributed by atoms with Crippen LogP contribution in [-0.4, -0.2) is 10.9 Å². The van der Waals surface area contributed by atoms with Crippen LogP contribution in [0, 0.1) is 0 Å². The number of nitrogens with zero attached hydrogens (tertiary/aromatic N) is 1. The van der Waals surface area contributed by atoms with Crippen LogP contribution in [0.1, 0.15) is 10.4 Å². The van der Waals surface area contributed by atoms with E-state index in [-0.39, 0.29) is 0 Å². The molecule has 16 heavy (non-hydrogen) atoms. The van der Waals surface area contributed by atoms with Gasteiger partial charge in [0.25, 0.3) is 0 Å². The molecular weight excluding hydrogens is 198 g/mol. The van der Waals surface area contributed by atoms with Crippen LogP contribution in [0.2, 0.25) is 0 Å². The van der Waals surface area contributed by atoms with Crippen molar-refractivity contribution >= 4 is 28.0 Å². The van der Waals surface area contributed by atoms with Gasteiger partial charge >= 0.3 is 0 Å². The van der Waals surface area contributed by atoms with Crippen molar-refractivity contribution in [1.82, 2.24) is 4.57 Å². The Morgan fingerprint density at radius 3 is 2.75 bits per heavy atom. The SMILES string of the molecule is Cn1cc(C=O)c2c3ccccc3ccc21. The zero-order valence-electron chi connectivity index (χ0n) is 8.97. The molecule has 0 saturated heterocycles. The second kappa shape index (κ2) is 3.20. The first-order chi connectivity index (χ1) is 7.81. The molecule has 3 aromatic rings. The highest BCUT2D eigenvalue weighted by atomic mass is 16.1. The summed E-state index contributed by atoms with van der Waals surface area (Å²) >= 11 is 0. The molecule has 0 spiro atoms. The highest BCUT2D eigenvalue weighted by Gasteiger charge is 2.08. The van der Waals surface area contributed by atoms with E-state index in [0.717, 1.165) is 28.1 Å². The summed E-state index contributed by atoms with van der Waals surface area (Å²) in [5, 5.41) is 3.36. The number of aryl methyl sites for hydroxylation is 1. The number of aldehydes is 1. The van der Waals surface area contributed by atoms with Crippen molar-refractivity contribution in [1.29, 1.82) is 0 Å². The number of hydrogen-bond donors (Lipinski definition) is 0. The summed E-state index contributed by atoms with van der Waals surface area (Å²) < 4.78 is 1.99. The molecule has 0 aliphatic rings. The summed E-state index contributed by atoms with van der Waals surface area (Å²) in [5.74, 6) is 0. The van der Waals surface area contributed by atoms with Gasteiger partial charge in [-0.2, -0.15) is 0 Å². The van der Waals surface area contributed by atoms with Gasteiger partial charge in [0.1, 0.15) is 0 Å². The van der Waals surface area contributed by atoms with Crippen LogP contribution >= 0.6 is 0 Å². The number of carbonyl (C=O) groups excluding carboxylic acids is 1. The molecule has 0 saturated carbocycles. The van der Waals surface area contributed by atoms with Gasteiger partial charge < -0.3 is 4.57 Å². The normalized spacial score (nSPS) is 11.1. The largest absolute Gasteiger partial charge is 0.350 e. The number of rotatable bonds is 1. The highest BCUT2D eigenvalue weighted by Crippen LogP contribution is 2.28. The van der Waals surface area contributed by atoms with Crippen molar-refractivity contribution in [3.05, 3.63) is 48.2 Å². The third-order valence-corrected chi connectivity index (χ3v) is 3.04. The average Bonchev–Trinajstić information content (AvgIpc) is 2.66. The van der Waals surface area contributed by atoms with Crippen LogP contribution in [0.3, 0.4) is 0 Å². The predicted molar refractivity (Wildman–Crippen MR) is 65.8 cm³/mol. The maximum atomic E-state index is 11.1. The molecule has 2 heteroatoms. The molecule has 2 aromatic carbocycles. The fraction of sp³-hybridized carbons (Fsp3) is 0.0714. The number of benzene rings is 2. The number of carbonyl (C=O) groups is 1. The first-order valence-corrected chi connectivity index (χ1v) is 5.23. The van der Waals surface area contributed by atoms with E-state index in [9.17, 15) is 4.79 Å². The van der Waals surface area contributed by atoms with Crippen LogP contribution in [0.15, 0.2) is 42.6 Å². The highest BCUT2D eigenvalue weighted by molar-refractivity contribution is 6.13. The van der Waals surface area contributed by atoms with Crippen molar-refractivity contribution < 1.29 is 4.79 Å². The van der Waals surface area contributed by atoms with Gasteiger partial charge in [-0.05, 0) is 16.8 Å². The van der Waals surface area contributed by atoms with E-state index in [0.29, 0.717) is 0 Å². The minimum atomic E-state index is 0.759. The molecule has 0 aliphatic heterocycles. The van der Waals surface area contributed by atoms with Crippen molar-refractivity contribution in [2.75, 3.05) is 0 Å². The summed E-state index contributed by atoms with van der Waals surface area (Å²) in [4.78, 5) is 11.1. The van der Waals surface area contributed by atoms with Crippen LogP contribution in [0.5, 0.6) is 0 Å². The van der Waals surface area contributed by atoms with Crippen LogP contribution < -0.4 is 0 Å². The van der Waals surface area contributed by atoms with Gasteiger partial charge in [-0.25, -0.2) is 0 Å². The molecule has 0 radical (unpaired) electrons. The van der Waals surface area contributed by atoms with Gasteiger partial charge in [0.05, 0.1) is 0 Å². The Kier molecular flexibility index (Phi) is 1.83. The fourth-order valence-electron chi connectivity index (χ4n) is 2.29. The summed E-state index contributed by atoms with van der Waals surface area (Å²) in [6, 6.07) is 12.3. The Hall–Kier alpha value is -2.09. The molecule has 0 N–H and O–H groups in total. The maximum absolute atomic E-state index is 11.1. The second-order valence-corrected chi connectivity index (χ2v) is 3.99. The molecule has 0 unspecified atom stereocenters. The lowest BCUT2D eigenvalue weighted by Crippen LogP contribution is -1.83. The molecule has 1 aromatic heterocycles. The molecule has 1 heterocycles. The lowest BCUT2D eigenvalue weighted by Gasteiger charge is -2.01. The van der Waals surface area contributed by atoms with Gasteiger partial charge in [-0.15, -0.1) is 0 Å². The van der Waals surface area contributed by atoms with E-state index in [2.05, 4.69) is 24.3 Å². The lowest BCUT2D eigenvalue weighted by molar-refractivity contribution is 0.112. The summed E-state index contributed by atoms with van der Waals surface area (Å²) in [6.45, 7) is 0. The number of aromatic nitrogens is 1. The maximum Gasteiger partial charge on any atom is 0.152 e. The van der Waals surface area contributed by atoms with E-state index in [1.54, 1.807) is 0 Å². The van der Waals surface area contributed by atoms with E-state index in [1.807, 2.05) is 29.9 Å². The van der Waals surface area contributed by atoms with Gasteiger partial charge in [0.15, 0.2) is 6.29 Å². The van der Waals surface area contributed by atoms with Crippen molar-refractivity contribution in [3.63, 3.8) is 0 Å². The quantitative estimate of drug-likeness (QED) is 0.564. The van der Waals surface area contributed by atoms with Crippen LogP contribution in [0.25, 0.3) is 21.7 Å². The Morgan fingerprint density at radius 2 is 1.94 bits per heavy atom. The summed E-state index contributed by atoms with van der Waals surface area (Å²) in [7, 11) is 1.96. The standard InChI is InChI=1S/C14H11NO/c1-15-8-11(9-16)14-12-5-3-2-4-10(12)6-7-13(14)15/h2-9H,1H3. The zero-order chi connectivity index (χ0) is 11.1. The first-order valence-electron chi connectivity index (χ1n) is 5.23. The van der Waals surface area contributed by atoms with Crippen molar-refractivity contribution in [2.45, 2.75) is 0 Å². The Morgan fingerprint density at radius 1 is 1.12 bits per heavy atom. The average molecular weight is 209 g/mol. The van der Waals surface area contributed by atoms with Crippen LogP contribution in [-0.2, 0) is 7.05 Å². The van der Waals surface area contributed by atoms with E-state index in [4.69, 9.17) is 0 Å². The molecule has 0 amide bonds. The van der Waals surface area contributed by atoms with Gasteiger partial charge in [-0.1, -0.05) is 30.3 Å². The molecule has 2 nitrogen and oxygen atoms in total.